The Bertz CT molecular complexity index is 1660. The van der Waals surface area contributed by atoms with Gasteiger partial charge in [-0.2, -0.15) is 0 Å². The van der Waals surface area contributed by atoms with Gasteiger partial charge in [0.25, 0.3) is 11.6 Å². The van der Waals surface area contributed by atoms with Crippen LogP contribution in [0.3, 0.4) is 0 Å². The molecule has 214 valence electrons. The van der Waals surface area contributed by atoms with Crippen molar-refractivity contribution < 1.29 is 19.2 Å². The molecule has 43 heavy (non-hydrogen) atoms. The Hall–Kier alpha value is -5.13. The van der Waals surface area contributed by atoms with Crippen LogP contribution in [-0.4, -0.2) is 22.8 Å². The van der Waals surface area contributed by atoms with E-state index >= 15 is 0 Å². The second-order valence-corrected chi connectivity index (χ2v) is 12.0. The van der Waals surface area contributed by atoms with Crippen LogP contribution in [0.15, 0.2) is 140 Å². The van der Waals surface area contributed by atoms with Crippen molar-refractivity contribution in [1.82, 2.24) is 5.32 Å². The van der Waals surface area contributed by atoms with Crippen molar-refractivity contribution in [2.75, 3.05) is 0 Å². The summed E-state index contributed by atoms with van der Waals surface area (Å²) in [6.45, 7) is 1.79. The SMILES string of the molecule is C[C@H](NC(=O)c1ccccc1P(c1ccccc1)c1ccccc1)[C@H](OC(=O)c1ccc([N+](=O)[O-])cc1)c1ccccc1. The highest BCUT2D eigenvalue weighted by atomic mass is 31.1. The maximum absolute atomic E-state index is 13.9. The molecule has 0 saturated carbocycles. The van der Waals surface area contributed by atoms with E-state index in [1.807, 2.05) is 91.0 Å². The molecule has 0 bridgehead atoms. The van der Waals surface area contributed by atoms with Crippen molar-refractivity contribution >= 4 is 41.4 Å². The number of hydrogen-bond acceptors (Lipinski definition) is 5. The fourth-order valence-electron chi connectivity index (χ4n) is 4.81. The van der Waals surface area contributed by atoms with Crippen LogP contribution in [0, 0.1) is 10.1 Å². The maximum atomic E-state index is 13.9. The summed E-state index contributed by atoms with van der Waals surface area (Å²) in [6, 6.07) is 41.7. The van der Waals surface area contributed by atoms with E-state index in [0.29, 0.717) is 11.1 Å². The number of nitro benzene ring substituents is 1. The van der Waals surface area contributed by atoms with Crippen molar-refractivity contribution in [2.24, 2.45) is 0 Å². The predicted octanol–water partition coefficient (Wildman–Crippen LogP) is 6.07. The number of non-ortho nitro benzene ring substituents is 1. The van der Waals surface area contributed by atoms with E-state index in [-0.39, 0.29) is 17.2 Å². The first-order valence-corrected chi connectivity index (χ1v) is 15.1. The van der Waals surface area contributed by atoms with Gasteiger partial charge in [-0.15, -0.1) is 0 Å². The molecule has 5 aromatic carbocycles. The average molecular weight is 589 g/mol. The molecule has 5 aromatic rings. The Morgan fingerprint density at radius 3 is 1.79 bits per heavy atom. The molecule has 0 aromatic heterocycles. The van der Waals surface area contributed by atoms with Gasteiger partial charge < -0.3 is 10.1 Å². The number of ether oxygens (including phenoxy) is 1. The maximum Gasteiger partial charge on any atom is 0.338 e. The minimum atomic E-state index is -1.03. The molecular formula is C35H29N2O5P. The molecule has 0 radical (unpaired) electrons. The number of nitrogens with zero attached hydrogens (tertiary/aromatic N) is 1. The molecule has 5 rings (SSSR count). The van der Waals surface area contributed by atoms with Crippen molar-refractivity contribution in [2.45, 2.75) is 19.1 Å². The van der Waals surface area contributed by atoms with Crippen LogP contribution in [0.4, 0.5) is 5.69 Å². The van der Waals surface area contributed by atoms with Gasteiger partial charge in [-0.25, -0.2) is 4.79 Å². The molecule has 0 aliphatic heterocycles. The fraction of sp³-hybridized carbons (Fsp3) is 0.0857. The Morgan fingerprint density at radius 2 is 1.23 bits per heavy atom. The van der Waals surface area contributed by atoms with Gasteiger partial charge in [0.1, 0.15) is 6.10 Å². The fourth-order valence-corrected chi connectivity index (χ4v) is 7.25. The summed E-state index contributed by atoms with van der Waals surface area (Å²) in [5, 5.41) is 17.3. The first kappa shape index (κ1) is 29.4. The van der Waals surface area contributed by atoms with Crippen molar-refractivity contribution in [3.8, 4) is 0 Å². The van der Waals surface area contributed by atoms with E-state index in [4.69, 9.17) is 4.74 Å². The number of esters is 1. The van der Waals surface area contributed by atoms with Crippen molar-refractivity contribution in [3.05, 3.63) is 166 Å². The molecule has 0 heterocycles. The lowest BCUT2D eigenvalue weighted by Crippen LogP contribution is -2.40. The van der Waals surface area contributed by atoms with Gasteiger partial charge in [0.15, 0.2) is 0 Å². The smallest absolute Gasteiger partial charge is 0.338 e. The number of benzene rings is 5. The summed E-state index contributed by atoms with van der Waals surface area (Å²) in [5.74, 6) is -0.934. The molecule has 8 heteroatoms. The topological polar surface area (TPSA) is 98.5 Å². The number of nitrogens with one attached hydrogen (secondary N) is 1. The lowest BCUT2D eigenvalue weighted by atomic mass is 10.0. The van der Waals surface area contributed by atoms with Crippen LogP contribution in [0.1, 0.15) is 39.3 Å². The zero-order valence-electron chi connectivity index (χ0n) is 23.4. The Balaban J connectivity index is 1.44. The largest absolute Gasteiger partial charge is 0.452 e. The van der Waals surface area contributed by atoms with E-state index < -0.39 is 31.0 Å². The highest BCUT2D eigenvalue weighted by molar-refractivity contribution is 7.80. The van der Waals surface area contributed by atoms with Gasteiger partial charge in [-0.05, 0) is 54.5 Å². The van der Waals surface area contributed by atoms with E-state index in [0.717, 1.165) is 15.9 Å². The van der Waals surface area contributed by atoms with Gasteiger partial charge in [-0.3, -0.25) is 14.9 Å². The highest BCUT2D eigenvalue weighted by Crippen LogP contribution is 2.34. The van der Waals surface area contributed by atoms with Crippen molar-refractivity contribution in [1.29, 1.82) is 0 Å². The number of amides is 1. The van der Waals surface area contributed by atoms with Crippen molar-refractivity contribution in [3.63, 3.8) is 0 Å². The monoisotopic (exact) mass is 588 g/mol. The van der Waals surface area contributed by atoms with Gasteiger partial charge in [0.2, 0.25) is 0 Å². The molecule has 7 nitrogen and oxygen atoms in total. The highest BCUT2D eigenvalue weighted by Gasteiger charge is 2.28. The van der Waals surface area contributed by atoms with E-state index in [1.165, 1.54) is 24.3 Å². The van der Waals surface area contributed by atoms with E-state index in [9.17, 15) is 19.7 Å². The second-order valence-electron chi connectivity index (χ2n) is 9.83. The number of nitro groups is 1. The van der Waals surface area contributed by atoms with Gasteiger partial charge >= 0.3 is 5.97 Å². The van der Waals surface area contributed by atoms with Crippen LogP contribution in [0.25, 0.3) is 0 Å². The molecule has 0 aliphatic rings. The minimum Gasteiger partial charge on any atom is -0.452 e. The van der Waals surface area contributed by atoms with Crippen LogP contribution < -0.4 is 21.2 Å². The number of carbonyl (C=O) groups excluding carboxylic acids is 2. The standard InChI is InChI=1S/C35H29N2O5P/c1-25(33(26-13-5-2-6-14-26)42-35(39)27-21-23-28(24-22-27)37(40)41)36-34(38)31-19-11-12-20-32(31)43(29-15-7-3-8-16-29)30-17-9-4-10-18-30/h2-25,33H,1H3,(H,36,38)/t25-,33-/m0/s1. The molecule has 1 N–H and O–H groups in total. The first-order chi connectivity index (χ1) is 20.9. The average Bonchev–Trinajstić information content (AvgIpc) is 3.05. The third-order valence-corrected chi connectivity index (χ3v) is 9.41. The molecule has 0 spiro atoms. The van der Waals surface area contributed by atoms with Gasteiger partial charge in [0.05, 0.1) is 16.5 Å². The summed E-state index contributed by atoms with van der Waals surface area (Å²) in [4.78, 5) is 37.6. The Labute approximate surface area is 251 Å². The van der Waals surface area contributed by atoms with E-state index in [2.05, 4.69) is 29.6 Å². The molecule has 0 unspecified atom stereocenters. The minimum absolute atomic E-state index is 0.124. The summed E-state index contributed by atoms with van der Waals surface area (Å²) >= 11 is 0. The third-order valence-electron chi connectivity index (χ3n) is 6.91. The summed E-state index contributed by atoms with van der Waals surface area (Å²) < 4.78 is 5.92. The van der Waals surface area contributed by atoms with Crippen LogP contribution >= 0.6 is 7.92 Å². The summed E-state index contributed by atoms with van der Waals surface area (Å²) in [5.41, 5.74) is 1.30. The molecule has 0 fully saturated rings. The normalized spacial score (nSPS) is 12.2. The zero-order chi connectivity index (χ0) is 30.2. The number of carbonyl (C=O) groups is 2. The second kappa shape index (κ2) is 13.7. The molecule has 0 aliphatic carbocycles. The number of hydrogen-bond donors (Lipinski definition) is 1. The quantitative estimate of drug-likeness (QED) is 0.0925. The lowest BCUT2D eigenvalue weighted by Gasteiger charge is -2.27. The van der Waals surface area contributed by atoms with Crippen LogP contribution in [-0.2, 0) is 4.74 Å². The number of rotatable bonds is 10. The Morgan fingerprint density at radius 1 is 0.721 bits per heavy atom. The van der Waals surface area contributed by atoms with E-state index in [1.54, 1.807) is 6.92 Å². The molecule has 0 saturated heterocycles. The summed E-state index contributed by atoms with van der Waals surface area (Å²) in [7, 11) is -1.03. The molecule has 2 atom stereocenters. The molecular weight excluding hydrogens is 559 g/mol. The molecule has 1 amide bonds. The Kier molecular flexibility index (Phi) is 9.35. The van der Waals surface area contributed by atoms with Crippen LogP contribution in [0.2, 0.25) is 0 Å². The first-order valence-electron chi connectivity index (χ1n) is 13.7. The van der Waals surface area contributed by atoms with Crippen LogP contribution in [0.5, 0.6) is 0 Å². The van der Waals surface area contributed by atoms with Gasteiger partial charge in [0, 0.05) is 17.7 Å². The van der Waals surface area contributed by atoms with Gasteiger partial charge in [-0.1, -0.05) is 109 Å². The third kappa shape index (κ3) is 7.03. The lowest BCUT2D eigenvalue weighted by molar-refractivity contribution is -0.384. The zero-order valence-corrected chi connectivity index (χ0v) is 24.3. The predicted molar refractivity (Wildman–Crippen MR) is 170 cm³/mol. The summed E-state index contributed by atoms with van der Waals surface area (Å²) in [6.07, 6.45) is -0.815.